The fourth-order valence-corrected chi connectivity index (χ4v) is 2.96. The smallest absolute Gasteiger partial charge is 0.0494 e. The van der Waals surface area contributed by atoms with Gasteiger partial charge in [0.05, 0.1) is 0 Å². The number of nitrogens with one attached hydrogen (secondary N) is 1. The SMILES string of the molecule is CC(N[C@@H]1C=C[C@H](CO)C1)C1CCCC1. The van der Waals surface area contributed by atoms with Crippen molar-refractivity contribution in [1.82, 2.24) is 5.32 Å². The molecule has 2 aliphatic rings. The Morgan fingerprint density at radius 2 is 2.07 bits per heavy atom. The highest BCUT2D eigenvalue weighted by atomic mass is 16.3. The van der Waals surface area contributed by atoms with Crippen molar-refractivity contribution >= 4 is 0 Å². The highest BCUT2D eigenvalue weighted by Gasteiger charge is 2.25. The van der Waals surface area contributed by atoms with Crippen LogP contribution in [-0.2, 0) is 0 Å². The molecule has 0 spiro atoms. The lowest BCUT2D eigenvalue weighted by atomic mass is 9.98. The molecule has 2 aliphatic carbocycles. The summed E-state index contributed by atoms with van der Waals surface area (Å²) in [6.45, 7) is 2.61. The average molecular weight is 209 g/mol. The minimum atomic E-state index is 0.298. The molecule has 1 saturated carbocycles. The first-order valence-corrected chi connectivity index (χ1v) is 6.35. The van der Waals surface area contributed by atoms with Crippen LogP contribution in [-0.4, -0.2) is 23.8 Å². The van der Waals surface area contributed by atoms with Crippen LogP contribution < -0.4 is 5.32 Å². The Hall–Kier alpha value is -0.340. The van der Waals surface area contributed by atoms with Crippen LogP contribution in [0.15, 0.2) is 12.2 Å². The summed E-state index contributed by atoms with van der Waals surface area (Å²) >= 11 is 0. The molecule has 0 bridgehead atoms. The summed E-state index contributed by atoms with van der Waals surface area (Å²) < 4.78 is 0. The second-order valence-corrected chi connectivity index (χ2v) is 5.17. The summed E-state index contributed by atoms with van der Waals surface area (Å²) in [6.07, 6.45) is 11.1. The Labute approximate surface area is 92.8 Å². The Kier molecular flexibility index (Phi) is 3.81. The van der Waals surface area contributed by atoms with Crippen molar-refractivity contribution in [3.8, 4) is 0 Å². The van der Waals surface area contributed by atoms with Gasteiger partial charge in [-0.3, -0.25) is 0 Å². The van der Waals surface area contributed by atoms with Gasteiger partial charge in [0.2, 0.25) is 0 Å². The van der Waals surface area contributed by atoms with Crippen molar-refractivity contribution in [3.05, 3.63) is 12.2 Å². The summed E-state index contributed by atoms with van der Waals surface area (Å²) in [5.74, 6) is 1.27. The molecule has 0 radical (unpaired) electrons. The van der Waals surface area contributed by atoms with Gasteiger partial charge in [-0.25, -0.2) is 0 Å². The van der Waals surface area contributed by atoms with E-state index in [1.165, 1.54) is 25.7 Å². The molecule has 2 nitrogen and oxygen atoms in total. The van der Waals surface area contributed by atoms with E-state index >= 15 is 0 Å². The van der Waals surface area contributed by atoms with E-state index in [9.17, 15) is 0 Å². The van der Waals surface area contributed by atoms with E-state index < -0.39 is 0 Å². The van der Waals surface area contributed by atoms with Crippen molar-refractivity contribution in [1.29, 1.82) is 0 Å². The van der Waals surface area contributed by atoms with Crippen LogP contribution in [0.25, 0.3) is 0 Å². The van der Waals surface area contributed by atoms with Crippen LogP contribution >= 0.6 is 0 Å². The zero-order valence-electron chi connectivity index (χ0n) is 9.65. The maximum absolute atomic E-state index is 9.05. The molecule has 0 heterocycles. The number of aliphatic hydroxyl groups excluding tert-OH is 1. The molecule has 0 saturated heterocycles. The zero-order valence-corrected chi connectivity index (χ0v) is 9.65. The Bertz CT molecular complexity index is 221. The third-order valence-electron chi connectivity index (χ3n) is 3.99. The van der Waals surface area contributed by atoms with Crippen LogP contribution in [0.5, 0.6) is 0 Å². The molecular formula is C13H23NO. The van der Waals surface area contributed by atoms with Crippen LogP contribution in [0.2, 0.25) is 0 Å². The van der Waals surface area contributed by atoms with Gasteiger partial charge >= 0.3 is 0 Å². The predicted octanol–water partition coefficient (Wildman–Crippen LogP) is 2.09. The standard InChI is InChI=1S/C13H23NO/c1-10(12-4-2-3-5-12)14-13-7-6-11(8-13)9-15/h6-7,10-15H,2-5,8-9H2,1H3/t10?,11-,13+/m0/s1. The quantitative estimate of drug-likeness (QED) is 0.695. The molecule has 0 amide bonds. The van der Waals surface area contributed by atoms with Crippen molar-refractivity contribution in [2.45, 2.75) is 51.1 Å². The van der Waals surface area contributed by atoms with Crippen molar-refractivity contribution in [2.24, 2.45) is 11.8 Å². The molecule has 2 heteroatoms. The van der Waals surface area contributed by atoms with Gasteiger partial charge in [0.15, 0.2) is 0 Å². The second kappa shape index (κ2) is 5.13. The third-order valence-corrected chi connectivity index (χ3v) is 3.99. The minimum absolute atomic E-state index is 0.298. The van der Waals surface area contributed by atoms with Gasteiger partial charge in [0, 0.05) is 24.6 Å². The molecular weight excluding hydrogens is 186 g/mol. The number of hydrogen-bond acceptors (Lipinski definition) is 2. The highest BCUT2D eigenvalue weighted by molar-refractivity contribution is 5.06. The highest BCUT2D eigenvalue weighted by Crippen LogP contribution is 2.28. The topological polar surface area (TPSA) is 32.3 Å². The largest absolute Gasteiger partial charge is 0.396 e. The first kappa shape index (κ1) is 11.2. The molecule has 0 aromatic rings. The molecule has 0 aromatic heterocycles. The average Bonchev–Trinajstić information content (AvgIpc) is 2.87. The van der Waals surface area contributed by atoms with Gasteiger partial charge in [0.1, 0.15) is 0 Å². The lowest BCUT2D eigenvalue weighted by Crippen LogP contribution is -2.38. The van der Waals surface area contributed by atoms with Crippen molar-refractivity contribution in [3.63, 3.8) is 0 Å². The summed E-state index contributed by atoms with van der Waals surface area (Å²) in [5.41, 5.74) is 0. The molecule has 86 valence electrons. The van der Waals surface area contributed by atoms with Crippen LogP contribution in [0.1, 0.15) is 39.0 Å². The maximum atomic E-state index is 9.05. The van der Waals surface area contributed by atoms with E-state index in [-0.39, 0.29) is 0 Å². The maximum Gasteiger partial charge on any atom is 0.0494 e. The van der Waals surface area contributed by atoms with Gasteiger partial charge in [-0.05, 0) is 32.1 Å². The number of rotatable bonds is 4. The van der Waals surface area contributed by atoms with E-state index in [4.69, 9.17) is 5.11 Å². The van der Waals surface area contributed by atoms with Crippen molar-refractivity contribution in [2.75, 3.05) is 6.61 Å². The molecule has 2 N–H and O–H groups in total. The van der Waals surface area contributed by atoms with Crippen LogP contribution in [0, 0.1) is 11.8 Å². The number of aliphatic hydroxyl groups is 1. The zero-order chi connectivity index (χ0) is 10.7. The van der Waals surface area contributed by atoms with Gasteiger partial charge in [-0.2, -0.15) is 0 Å². The minimum Gasteiger partial charge on any atom is -0.396 e. The van der Waals surface area contributed by atoms with E-state index in [2.05, 4.69) is 24.4 Å². The predicted molar refractivity (Wildman–Crippen MR) is 62.7 cm³/mol. The third kappa shape index (κ3) is 2.82. The Morgan fingerprint density at radius 1 is 1.33 bits per heavy atom. The summed E-state index contributed by atoms with van der Waals surface area (Å²) in [7, 11) is 0. The monoisotopic (exact) mass is 209 g/mol. The molecule has 0 aliphatic heterocycles. The molecule has 0 aromatic carbocycles. The molecule has 3 atom stereocenters. The molecule has 15 heavy (non-hydrogen) atoms. The Morgan fingerprint density at radius 3 is 2.67 bits per heavy atom. The fourth-order valence-electron chi connectivity index (χ4n) is 2.96. The summed E-state index contributed by atoms with van der Waals surface area (Å²) in [4.78, 5) is 0. The first-order chi connectivity index (χ1) is 7.29. The summed E-state index contributed by atoms with van der Waals surface area (Å²) in [6, 6.07) is 1.14. The van der Waals surface area contributed by atoms with Gasteiger partial charge in [0.25, 0.3) is 0 Å². The fraction of sp³-hybridized carbons (Fsp3) is 0.846. The van der Waals surface area contributed by atoms with E-state index in [0.29, 0.717) is 24.6 Å². The van der Waals surface area contributed by atoms with E-state index in [1.54, 1.807) is 0 Å². The molecule has 2 rings (SSSR count). The Balaban J connectivity index is 1.75. The first-order valence-electron chi connectivity index (χ1n) is 6.35. The van der Waals surface area contributed by atoms with Crippen LogP contribution in [0.3, 0.4) is 0 Å². The lowest BCUT2D eigenvalue weighted by molar-refractivity contribution is 0.242. The van der Waals surface area contributed by atoms with Gasteiger partial charge in [-0.1, -0.05) is 25.0 Å². The van der Waals surface area contributed by atoms with E-state index in [0.717, 1.165) is 12.3 Å². The van der Waals surface area contributed by atoms with Gasteiger partial charge in [-0.15, -0.1) is 0 Å². The van der Waals surface area contributed by atoms with Crippen molar-refractivity contribution < 1.29 is 5.11 Å². The van der Waals surface area contributed by atoms with Gasteiger partial charge < -0.3 is 10.4 Å². The second-order valence-electron chi connectivity index (χ2n) is 5.17. The summed E-state index contributed by atoms with van der Waals surface area (Å²) in [5, 5.41) is 12.7. The normalized spacial score (nSPS) is 33.7. The number of hydrogen-bond donors (Lipinski definition) is 2. The van der Waals surface area contributed by atoms with Crippen LogP contribution in [0.4, 0.5) is 0 Å². The van der Waals surface area contributed by atoms with E-state index in [1.807, 2.05) is 0 Å². The lowest BCUT2D eigenvalue weighted by Gasteiger charge is -2.24. The molecule has 1 unspecified atom stereocenters. The molecule has 1 fully saturated rings.